The highest BCUT2D eigenvalue weighted by Crippen LogP contribution is 2.45. The van der Waals surface area contributed by atoms with Gasteiger partial charge < -0.3 is 15.1 Å². The fourth-order valence-electron chi connectivity index (χ4n) is 4.30. The number of carboxylic acids is 2. The van der Waals surface area contributed by atoms with Gasteiger partial charge in [0.05, 0.1) is 6.04 Å². The van der Waals surface area contributed by atoms with Crippen LogP contribution in [0.3, 0.4) is 0 Å². The molecule has 2 unspecified atom stereocenters. The Kier molecular flexibility index (Phi) is 7.03. The molecule has 158 valence electrons. The minimum Gasteiger partial charge on any atom is -0.478 e. The molecule has 0 amide bonds. The molecule has 30 heavy (non-hydrogen) atoms. The Morgan fingerprint density at radius 1 is 0.967 bits per heavy atom. The van der Waals surface area contributed by atoms with Crippen LogP contribution in [0.25, 0.3) is 0 Å². The molecular weight excluding hydrogens is 380 g/mol. The summed E-state index contributed by atoms with van der Waals surface area (Å²) in [5.41, 5.74) is 6.17. The highest BCUT2D eigenvalue weighted by Gasteiger charge is 2.38. The number of benzene rings is 2. The number of nitrogens with zero attached hydrogens (tertiary/aromatic N) is 2. The maximum absolute atomic E-state index is 9.55. The molecule has 2 N–H and O–H groups in total. The normalized spacial score (nSPS) is 19.6. The molecule has 5 rings (SSSR count). The number of hydrogen-bond acceptors (Lipinski definition) is 4. The first-order chi connectivity index (χ1) is 14.4. The van der Waals surface area contributed by atoms with Crippen LogP contribution in [0.4, 0.5) is 0 Å². The molecule has 1 aliphatic carbocycles. The van der Waals surface area contributed by atoms with Gasteiger partial charge in [0.15, 0.2) is 0 Å². The third kappa shape index (κ3) is 5.14. The van der Waals surface area contributed by atoms with Gasteiger partial charge in [0.1, 0.15) is 0 Å². The lowest BCUT2D eigenvalue weighted by molar-refractivity contribution is -0.134. The van der Waals surface area contributed by atoms with Crippen LogP contribution in [0, 0.1) is 0 Å². The van der Waals surface area contributed by atoms with Crippen molar-refractivity contribution in [3.8, 4) is 0 Å². The number of fused-ring (bicyclic) bond motifs is 1. The monoisotopic (exact) mass is 408 g/mol. The van der Waals surface area contributed by atoms with Gasteiger partial charge in [0.25, 0.3) is 0 Å². The van der Waals surface area contributed by atoms with Crippen molar-refractivity contribution in [2.45, 2.75) is 18.4 Å². The Balaban J connectivity index is 0.000000275. The van der Waals surface area contributed by atoms with Gasteiger partial charge in [-0.05, 0) is 42.8 Å². The topological polar surface area (TPSA) is 81.1 Å². The lowest BCUT2D eigenvalue weighted by atomic mass is 9.85. The Morgan fingerprint density at radius 3 is 2.13 bits per heavy atom. The molecule has 6 nitrogen and oxygen atoms in total. The Morgan fingerprint density at radius 2 is 1.53 bits per heavy atom. The van der Waals surface area contributed by atoms with Crippen molar-refractivity contribution in [2.75, 3.05) is 33.7 Å². The van der Waals surface area contributed by atoms with Gasteiger partial charge >= 0.3 is 11.9 Å². The molecule has 0 spiro atoms. The SMILES string of the molecule is CN(C)CCN1CC2Cc3ccccc3C1c1ccccc12.O=C(O)/C=C\C(=O)O. The van der Waals surface area contributed by atoms with Crippen molar-refractivity contribution in [3.05, 3.63) is 82.9 Å². The lowest BCUT2D eigenvalue weighted by Gasteiger charge is -2.39. The van der Waals surface area contributed by atoms with Crippen LogP contribution >= 0.6 is 0 Å². The number of hydrogen-bond donors (Lipinski definition) is 2. The highest BCUT2D eigenvalue weighted by molar-refractivity contribution is 5.89. The van der Waals surface area contributed by atoms with E-state index in [1.165, 1.54) is 24.1 Å². The third-order valence-electron chi connectivity index (χ3n) is 5.57. The van der Waals surface area contributed by atoms with Crippen LogP contribution in [-0.2, 0) is 16.0 Å². The Bertz CT molecular complexity index is 922. The fraction of sp³-hybridized carbons (Fsp3) is 0.333. The van der Waals surface area contributed by atoms with Crippen molar-refractivity contribution in [1.82, 2.24) is 9.80 Å². The van der Waals surface area contributed by atoms with Crippen LogP contribution in [-0.4, -0.2) is 65.7 Å². The van der Waals surface area contributed by atoms with Gasteiger partial charge in [-0.15, -0.1) is 0 Å². The first-order valence-corrected chi connectivity index (χ1v) is 10.1. The Labute approximate surface area is 177 Å². The van der Waals surface area contributed by atoms with Gasteiger partial charge in [0, 0.05) is 37.7 Å². The number of rotatable bonds is 5. The molecule has 6 heteroatoms. The van der Waals surface area contributed by atoms with Crippen LogP contribution in [0.5, 0.6) is 0 Å². The summed E-state index contributed by atoms with van der Waals surface area (Å²) in [6, 6.07) is 18.6. The van der Waals surface area contributed by atoms with E-state index in [-0.39, 0.29) is 0 Å². The zero-order valence-electron chi connectivity index (χ0n) is 17.4. The quantitative estimate of drug-likeness (QED) is 0.741. The molecule has 2 aromatic rings. The van der Waals surface area contributed by atoms with E-state index in [2.05, 4.69) is 72.4 Å². The van der Waals surface area contributed by atoms with E-state index in [1.807, 2.05) is 0 Å². The second kappa shape index (κ2) is 9.69. The molecule has 0 radical (unpaired) electrons. The average molecular weight is 408 g/mol. The molecule has 2 heterocycles. The summed E-state index contributed by atoms with van der Waals surface area (Å²) in [7, 11) is 4.33. The minimum atomic E-state index is -1.26. The molecule has 0 saturated heterocycles. The maximum Gasteiger partial charge on any atom is 0.328 e. The standard InChI is InChI=1S/C20H24N2.C4H4O4/c1-21(2)11-12-22-14-16-13-15-7-3-4-9-18(15)20(22)19-10-6-5-8-17(16)19;5-3(6)1-2-4(7)8/h3-10,16,20H,11-14H2,1-2H3;1-2H,(H,5,6)(H,7,8)/b;2-1-. The predicted octanol–water partition coefficient (Wildman–Crippen LogP) is 3.00. The Hall–Kier alpha value is -2.96. The molecule has 0 fully saturated rings. The average Bonchev–Trinajstić information content (AvgIpc) is 2.96. The summed E-state index contributed by atoms with van der Waals surface area (Å²) >= 11 is 0. The van der Waals surface area contributed by atoms with E-state index >= 15 is 0 Å². The summed E-state index contributed by atoms with van der Waals surface area (Å²) in [5, 5.41) is 15.6. The van der Waals surface area contributed by atoms with Crippen molar-refractivity contribution < 1.29 is 19.8 Å². The number of carboxylic acid groups (broad SMARTS) is 2. The van der Waals surface area contributed by atoms with Gasteiger partial charge in [0.2, 0.25) is 0 Å². The molecule has 0 aromatic heterocycles. The predicted molar refractivity (Wildman–Crippen MR) is 116 cm³/mol. The fourth-order valence-corrected chi connectivity index (χ4v) is 4.30. The van der Waals surface area contributed by atoms with E-state index in [9.17, 15) is 9.59 Å². The van der Waals surface area contributed by atoms with Gasteiger partial charge in [-0.25, -0.2) is 9.59 Å². The second-order valence-corrected chi connectivity index (χ2v) is 7.94. The zero-order chi connectivity index (χ0) is 21.7. The van der Waals surface area contributed by atoms with E-state index in [0.29, 0.717) is 24.1 Å². The molecule has 2 aromatic carbocycles. The van der Waals surface area contributed by atoms with Crippen molar-refractivity contribution in [2.24, 2.45) is 0 Å². The van der Waals surface area contributed by atoms with Gasteiger partial charge in [-0.2, -0.15) is 0 Å². The van der Waals surface area contributed by atoms with Gasteiger partial charge in [-0.3, -0.25) is 4.90 Å². The zero-order valence-corrected chi connectivity index (χ0v) is 17.4. The van der Waals surface area contributed by atoms with Gasteiger partial charge in [-0.1, -0.05) is 48.5 Å². The maximum atomic E-state index is 9.55. The summed E-state index contributed by atoms with van der Waals surface area (Å²) in [5.74, 6) is -1.88. The molecule has 0 saturated carbocycles. The number of carbonyl (C=O) groups is 2. The van der Waals surface area contributed by atoms with E-state index < -0.39 is 11.9 Å². The summed E-state index contributed by atoms with van der Waals surface area (Å²) < 4.78 is 0. The molecule has 2 bridgehead atoms. The molecule has 2 aliphatic heterocycles. The largest absolute Gasteiger partial charge is 0.478 e. The van der Waals surface area contributed by atoms with Crippen molar-refractivity contribution >= 4 is 11.9 Å². The smallest absolute Gasteiger partial charge is 0.328 e. The van der Waals surface area contributed by atoms with Crippen LogP contribution in [0.15, 0.2) is 60.7 Å². The molecule has 2 atom stereocenters. The first kappa shape index (κ1) is 21.7. The van der Waals surface area contributed by atoms with E-state index in [1.54, 1.807) is 11.1 Å². The highest BCUT2D eigenvalue weighted by atomic mass is 16.4. The number of aliphatic carboxylic acids is 2. The van der Waals surface area contributed by atoms with E-state index in [0.717, 1.165) is 13.1 Å². The second-order valence-electron chi connectivity index (χ2n) is 7.94. The summed E-state index contributed by atoms with van der Waals surface area (Å²) in [4.78, 5) is 24.1. The van der Waals surface area contributed by atoms with Crippen LogP contribution in [0.2, 0.25) is 0 Å². The summed E-state index contributed by atoms with van der Waals surface area (Å²) in [6.45, 7) is 3.44. The molecular formula is C24H28N2O4. The van der Waals surface area contributed by atoms with Crippen molar-refractivity contribution in [1.29, 1.82) is 0 Å². The van der Waals surface area contributed by atoms with E-state index in [4.69, 9.17) is 10.2 Å². The summed E-state index contributed by atoms with van der Waals surface area (Å²) in [6.07, 6.45) is 2.30. The van der Waals surface area contributed by atoms with Crippen molar-refractivity contribution in [3.63, 3.8) is 0 Å². The first-order valence-electron chi connectivity index (χ1n) is 10.1. The third-order valence-corrected chi connectivity index (χ3v) is 5.57. The minimum absolute atomic E-state index is 0.436. The van der Waals surface area contributed by atoms with Crippen LogP contribution < -0.4 is 0 Å². The number of likely N-dealkylation sites (N-methyl/N-ethyl adjacent to an activating group) is 1. The van der Waals surface area contributed by atoms with Crippen LogP contribution in [0.1, 0.15) is 34.2 Å². The lowest BCUT2D eigenvalue weighted by Crippen LogP contribution is -2.40. The molecule has 3 aliphatic rings.